The third kappa shape index (κ3) is 7.61. The largest absolute Gasteiger partial charge is 0.509 e. The summed E-state index contributed by atoms with van der Waals surface area (Å²) < 4.78 is 19.3. The molecule has 0 saturated heterocycles. The molecule has 1 unspecified atom stereocenters. The van der Waals surface area contributed by atoms with Crippen molar-refractivity contribution in [2.75, 3.05) is 27.6 Å². The Labute approximate surface area is 102 Å². The van der Waals surface area contributed by atoms with E-state index in [1.54, 1.807) is 14.0 Å². The van der Waals surface area contributed by atoms with Gasteiger partial charge in [0.05, 0.1) is 7.11 Å². The van der Waals surface area contributed by atoms with E-state index in [1.165, 1.54) is 7.11 Å². The van der Waals surface area contributed by atoms with Crippen LogP contribution in [-0.4, -0.2) is 39.4 Å². The molecule has 0 radical (unpaired) electrons. The van der Waals surface area contributed by atoms with Crippen LogP contribution in [0.2, 0.25) is 0 Å². The van der Waals surface area contributed by atoms with E-state index in [1.807, 2.05) is 0 Å². The molecule has 0 N–H and O–H groups in total. The molecular weight excluding hydrogens is 224 g/mol. The fraction of sp³-hybridized carbons (Fsp3) is 0.750. The molecule has 0 bridgehead atoms. The molecule has 0 amide bonds. The first kappa shape index (κ1) is 15.8. The molecule has 0 fully saturated rings. The topological polar surface area (TPSA) is 54.0 Å². The van der Waals surface area contributed by atoms with Crippen LogP contribution in [0.5, 0.6) is 0 Å². The fourth-order valence-electron chi connectivity index (χ4n) is 1.19. The van der Waals surface area contributed by atoms with Gasteiger partial charge in [0, 0.05) is 13.7 Å². The average Bonchev–Trinajstić information content (AvgIpc) is 2.33. The fourth-order valence-corrected chi connectivity index (χ4v) is 1.19. The molecule has 17 heavy (non-hydrogen) atoms. The van der Waals surface area contributed by atoms with Gasteiger partial charge in [0.25, 0.3) is 0 Å². The van der Waals surface area contributed by atoms with Crippen molar-refractivity contribution in [1.29, 1.82) is 0 Å². The lowest BCUT2D eigenvalue weighted by atomic mass is 10.00. The average molecular weight is 244 g/mol. The molecule has 0 aromatic rings. The minimum absolute atomic E-state index is 0.283. The molecule has 0 aliphatic rings. The summed E-state index contributed by atoms with van der Waals surface area (Å²) in [5.74, 6) is 2.46. The van der Waals surface area contributed by atoms with Crippen molar-refractivity contribution in [1.82, 2.24) is 0 Å². The van der Waals surface area contributed by atoms with Gasteiger partial charge in [0.2, 0.25) is 0 Å². The van der Waals surface area contributed by atoms with Gasteiger partial charge >= 0.3 is 6.16 Å². The highest BCUT2D eigenvalue weighted by atomic mass is 16.7. The smallest absolute Gasteiger partial charge is 0.438 e. The first-order chi connectivity index (χ1) is 8.08. The highest BCUT2D eigenvalue weighted by Gasteiger charge is 2.26. The van der Waals surface area contributed by atoms with Gasteiger partial charge in [-0.15, -0.1) is 6.42 Å². The van der Waals surface area contributed by atoms with Crippen LogP contribution in [0, 0.1) is 12.3 Å². The molecule has 98 valence electrons. The van der Waals surface area contributed by atoms with E-state index < -0.39 is 11.8 Å². The van der Waals surface area contributed by atoms with Crippen molar-refractivity contribution < 1.29 is 23.7 Å². The van der Waals surface area contributed by atoms with Gasteiger partial charge in [-0.25, -0.2) is 4.79 Å². The van der Waals surface area contributed by atoms with Crippen molar-refractivity contribution in [3.8, 4) is 12.3 Å². The molecule has 0 heterocycles. The predicted octanol–water partition coefficient (Wildman–Crippen LogP) is 1.95. The Kier molecular flexibility index (Phi) is 8.20. The Hall–Kier alpha value is -1.25. The summed E-state index contributed by atoms with van der Waals surface area (Å²) in [7, 11) is 2.82. The molecule has 1 atom stereocenters. The van der Waals surface area contributed by atoms with E-state index in [0.717, 1.165) is 12.8 Å². The molecule has 0 saturated carbocycles. The molecular formula is C12H20O5. The van der Waals surface area contributed by atoms with Crippen molar-refractivity contribution in [2.45, 2.75) is 31.8 Å². The third-order valence-electron chi connectivity index (χ3n) is 2.17. The summed E-state index contributed by atoms with van der Waals surface area (Å²) in [5.41, 5.74) is -0.922. The second-order valence-corrected chi connectivity index (χ2v) is 3.70. The molecule has 0 spiro atoms. The number of terminal acetylenes is 1. The van der Waals surface area contributed by atoms with Crippen LogP contribution < -0.4 is 0 Å². The van der Waals surface area contributed by atoms with Crippen LogP contribution in [0.25, 0.3) is 0 Å². The number of ether oxygens (including phenoxy) is 4. The van der Waals surface area contributed by atoms with Crippen molar-refractivity contribution in [3.05, 3.63) is 0 Å². The molecule has 0 aliphatic heterocycles. The maximum absolute atomic E-state index is 11.0. The quantitative estimate of drug-likeness (QED) is 0.283. The standard InChI is InChI=1S/C12H20O5/c1-5-12(2,17-11(13)15-4)8-6-7-9-16-10-14-3/h1H,6-10H2,2-4H3. The maximum atomic E-state index is 11.0. The number of unbranched alkanes of at least 4 members (excludes halogenated alkanes) is 1. The maximum Gasteiger partial charge on any atom is 0.509 e. The number of hydrogen-bond acceptors (Lipinski definition) is 5. The zero-order valence-electron chi connectivity index (χ0n) is 10.7. The van der Waals surface area contributed by atoms with Crippen LogP contribution >= 0.6 is 0 Å². The Morgan fingerprint density at radius 3 is 2.59 bits per heavy atom. The molecule has 0 aromatic heterocycles. The third-order valence-corrected chi connectivity index (χ3v) is 2.17. The van der Waals surface area contributed by atoms with E-state index in [4.69, 9.17) is 20.6 Å². The van der Waals surface area contributed by atoms with E-state index in [9.17, 15) is 4.79 Å². The zero-order valence-corrected chi connectivity index (χ0v) is 10.7. The minimum atomic E-state index is -0.922. The molecule has 0 aromatic carbocycles. The van der Waals surface area contributed by atoms with Crippen LogP contribution in [-0.2, 0) is 18.9 Å². The van der Waals surface area contributed by atoms with E-state index in [-0.39, 0.29) is 6.79 Å². The highest BCUT2D eigenvalue weighted by Crippen LogP contribution is 2.18. The summed E-state index contributed by atoms with van der Waals surface area (Å²) >= 11 is 0. The van der Waals surface area contributed by atoms with Crippen LogP contribution in [0.4, 0.5) is 4.79 Å². The van der Waals surface area contributed by atoms with Crippen molar-refractivity contribution in [2.24, 2.45) is 0 Å². The van der Waals surface area contributed by atoms with E-state index in [2.05, 4.69) is 10.7 Å². The summed E-state index contributed by atoms with van der Waals surface area (Å²) in [4.78, 5) is 11.0. The number of hydrogen-bond donors (Lipinski definition) is 0. The van der Waals surface area contributed by atoms with Gasteiger partial charge in [-0.1, -0.05) is 5.92 Å². The first-order valence-corrected chi connectivity index (χ1v) is 5.39. The van der Waals surface area contributed by atoms with E-state index >= 15 is 0 Å². The lowest BCUT2D eigenvalue weighted by Crippen LogP contribution is -2.30. The second-order valence-electron chi connectivity index (χ2n) is 3.70. The summed E-state index contributed by atoms with van der Waals surface area (Å²) in [5, 5.41) is 0. The monoisotopic (exact) mass is 244 g/mol. The van der Waals surface area contributed by atoms with Crippen LogP contribution in [0.1, 0.15) is 26.2 Å². The van der Waals surface area contributed by atoms with Crippen LogP contribution in [0.15, 0.2) is 0 Å². The summed E-state index contributed by atoms with van der Waals surface area (Å²) in [6.07, 6.45) is 6.76. The van der Waals surface area contributed by atoms with Gasteiger partial charge in [-0.3, -0.25) is 0 Å². The van der Waals surface area contributed by atoms with Gasteiger partial charge in [-0.05, 0) is 26.2 Å². The molecule has 5 heteroatoms. The normalized spacial score (nSPS) is 13.5. The molecule has 5 nitrogen and oxygen atoms in total. The van der Waals surface area contributed by atoms with Gasteiger partial charge in [0.15, 0.2) is 5.60 Å². The van der Waals surface area contributed by atoms with Gasteiger partial charge < -0.3 is 18.9 Å². The Morgan fingerprint density at radius 2 is 2.06 bits per heavy atom. The summed E-state index contributed by atoms with van der Waals surface area (Å²) in [6, 6.07) is 0. The van der Waals surface area contributed by atoms with Gasteiger partial charge in [-0.2, -0.15) is 0 Å². The van der Waals surface area contributed by atoms with Gasteiger partial charge in [0.1, 0.15) is 6.79 Å². The second kappa shape index (κ2) is 8.85. The summed E-state index contributed by atoms with van der Waals surface area (Å²) in [6.45, 7) is 2.55. The zero-order chi connectivity index (χ0) is 13.1. The number of methoxy groups -OCH3 is 2. The highest BCUT2D eigenvalue weighted by molar-refractivity contribution is 5.60. The predicted molar refractivity (Wildman–Crippen MR) is 62.4 cm³/mol. The Bertz CT molecular complexity index is 258. The van der Waals surface area contributed by atoms with Crippen molar-refractivity contribution in [3.63, 3.8) is 0 Å². The SMILES string of the molecule is C#CC(C)(CCCCOCOC)OC(=O)OC. The Morgan fingerprint density at radius 1 is 1.35 bits per heavy atom. The Balaban J connectivity index is 3.81. The van der Waals surface area contributed by atoms with Crippen molar-refractivity contribution >= 4 is 6.16 Å². The molecule has 0 aliphatic carbocycles. The number of carbonyl (C=O) groups is 1. The minimum Gasteiger partial charge on any atom is -0.438 e. The molecule has 0 rings (SSSR count). The van der Waals surface area contributed by atoms with E-state index in [0.29, 0.717) is 13.0 Å². The lowest BCUT2D eigenvalue weighted by molar-refractivity contribution is -0.0333. The number of rotatable bonds is 8. The number of carbonyl (C=O) groups excluding carboxylic acids is 1. The van der Waals surface area contributed by atoms with Crippen LogP contribution in [0.3, 0.4) is 0 Å². The lowest BCUT2D eigenvalue weighted by Gasteiger charge is -2.22. The first-order valence-electron chi connectivity index (χ1n) is 5.39.